The smallest absolute Gasteiger partial charge is 0.239 e. The molecule has 1 aromatic rings. The summed E-state index contributed by atoms with van der Waals surface area (Å²) in [7, 11) is 1.88. The number of aromatic nitrogens is 1. The van der Waals surface area contributed by atoms with E-state index in [1.54, 1.807) is 6.07 Å². The number of hydrogen-bond donors (Lipinski definition) is 1. The molecule has 0 unspecified atom stereocenters. The van der Waals surface area contributed by atoms with Gasteiger partial charge in [-0.3, -0.25) is 0 Å². The lowest BCUT2D eigenvalue weighted by atomic mass is 10.3. The highest BCUT2D eigenvalue weighted by Crippen LogP contribution is 2.22. The van der Waals surface area contributed by atoms with Crippen molar-refractivity contribution in [3.8, 4) is 11.9 Å². The summed E-state index contributed by atoms with van der Waals surface area (Å²) in [5, 5.41) is 8.50. The summed E-state index contributed by atoms with van der Waals surface area (Å²) in [4.78, 5) is 6.18. The Morgan fingerprint density at radius 2 is 2.31 bits per heavy atom. The largest absolute Gasteiger partial charge is 0.476 e. The summed E-state index contributed by atoms with van der Waals surface area (Å²) >= 11 is 0. The van der Waals surface area contributed by atoms with Gasteiger partial charge in [-0.2, -0.15) is 10.2 Å². The van der Waals surface area contributed by atoms with E-state index in [4.69, 9.17) is 15.7 Å². The van der Waals surface area contributed by atoms with Crippen molar-refractivity contribution in [2.24, 2.45) is 0 Å². The Balaban J connectivity index is 2.81. The van der Waals surface area contributed by atoms with Crippen molar-refractivity contribution >= 4 is 11.5 Å². The van der Waals surface area contributed by atoms with Gasteiger partial charge in [0, 0.05) is 13.6 Å². The molecule has 0 aromatic carbocycles. The Hall–Kier alpha value is -1.96. The Morgan fingerprint density at radius 3 is 2.94 bits per heavy atom. The number of anilines is 2. The van der Waals surface area contributed by atoms with Crippen molar-refractivity contribution in [1.29, 1.82) is 5.26 Å². The van der Waals surface area contributed by atoms with E-state index >= 15 is 0 Å². The molecule has 0 fully saturated rings. The second-order valence-electron chi connectivity index (χ2n) is 3.33. The third-order valence-corrected chi connectivity index (χ3v) is 2.11. The quantitative estimate of drug-likeness (QED) is 0.812. The fraction of sp³-hybridized carbons (Fsp3) is 0.455. The Bertz CT molecular complexity index is 386. The predicted octanol–water partition coefficient (Wildman–Crippen LogP) is 1.41. The molecule has 0 amide bonds. The number of nitriles is 1. The maximum atomic E-state index is 8.50. The second kappa shape index (κ2) is 5.81. The molecule has 0 saturated carbocycles. The van der Waals surface area contributed by atoms with Gasteiger partial charge in [-0.15, -0.1) is 0 Å². The first-order valence-electron chi connectivity index (χ1n) is 5.16. The Kier molecular flexibility index (Phi) is 4.40. The number of nitrogens with two attached hydrogens (primary N) is 1. The van der Waals surface area contributed by atoms with Crippen molar-refractivity contribution in [1.82, 2.24) is 4.98 Å². The van der Waals surface area contributed by atoms with Crippen LogP contribution in [0.5, 0.6) is 5.88 Å². The van der Waals surface area contributed by atoms with Crippen molar-refractivity contribution in [2.75, 3.05) is 30.8 Å². The first kappa shape index (κ1) is 12.1. The van der Waals surface area contributed by atoms with Crippen LogP contribution in [-0.2, 0) is 0 Å². The molecule has 0 saturated heterocycles. The minimum absolute atomic E-state index is 0.448. The van der Waals surface area contributed by atoms with Crippen LogP contribution in [0, 0.1) is 11.3 Å². The van der Waals surface area contributed by atoms with Gasteiger partial charge in [-0.25, -0.2) is 0 Å². The molecule has 0 aliphatic heterocycles. The van der Waals surface area contributed by atoms with Gasteiger partial charge < -0.3 is 15.4 Å². The van der Waals surface area contributed by atoms with Crippen LogP contribution in [0.1, 0.15) is 13.3 Å². The van der Waals surface area contributed by atoms with Gasteiger partial charge in [0.1, 0.15) is 5.82 Å². The van der Waals surface area contributed by atoms with Gasteiger partial charge in [0.25, 0.3) is 0 Å². The molecule has 0 aliphatic rings. The van der Waals surface area contributed by atoms with Gasteiger partial charge in [0.2, 0.25) is 5.88 Å². The van der Waals surface area contributed by atoms with Crippen LogP contribution < -0.4 is 15.4 Å². The van der Waals surface area contributed by atoms with E-state index in [-0.39, 0.29) is 0 Å². The summed E-state index contributed by atoms with van der Waals surface area (Å²) in [5.74, 6) is 1.21. The summed E-state index contributed by atoms with van der Waals surface area (Å²) in [5.41, 5.74) is 6.24. The zero-order chi connectivity index (χ0) is 12.0. The van der Waals surface area contributed by atoms with Crippen molar-refractivity contribution in [3.05, 3.63) is 12.1 Å². The fourth-order valence-electron chi connectivity index (χ4n) is 1.24. The van der Waals surface area contributed by atoms with Crippen LogP contribution in [0.4, 0.5) is 11.5 Å². The Labute approximate surface area is 95.4 Å². The molecule has 5 heteroatoms. The molecule has 0 bridgehead atoms. The van der Waals surface area contributed by atoms with Gasteiger partial charge >= 0.3 is 0 Å². The van der Waals surface area contributed by atoms with Gasteiger partial charge in [-0.1, -0.05) is 0 Å². The first-order chi connectivity index (χ1) is 7.69. The Morgan fingerprint density at radius 1 is 1.56 bits per heavy atom. The molecule has 0 aliphatic carbocycles. The molecule has 5 nitrogen and oxygen atoms in total. The molecule has 0 atom stereocenters. The first-order valence-corrected chi connectivity index (χ1v) is 5.16. The average molecular weight is 220 g/mol. The molecule has 1 rings (SSSR count). The van der Waals surface area contributed by atoms with E-state index in [1.165, 1.54) is 0 Å². The van der Waals surface area contributed by atoms with Crippen molar-refractivity contribution in [2.45, 2.75) is 13.3 Å². The molecule has 0 spiro atoms. The maximum absolute atomic E-state index is 8.50. The molecule has 0 radical (unpaired) electrons. The highest BCUT2D eigenvalue weighted by atomic mass is 16.5. The third kappa shape index (κ3) is 3.02. The van der Waals surface area contributed by atoms with Crippen LogP contribution in [0.25, 0.3) is 0 Å². The zero-order valence-electron chi connectivity index (χ0n) is 9.60. The minimum atomic E-state index is 0.448. The zero-order valence-corrected chi connectivity index (χ0v) is 9.60. The number of ether oxygens (including phenoxy) is 1. The van der Waals surface area contributed by atoms with E-state index in [0.717, 1.165) is 5.82 Å². The van der Waals surface area contributed by atoms with Crippen LogP contribution in [-0.4, -0.2) is 25.2 Å². The highest BCUT2D eigenvalue weighted by Gasteiger charge is 2.07. The number of hydrogen-bond acceptors (Lipinski definition) is 5. The molecule has 1 heterocycles. The van der Waals surface area contributed by atoms with E-state index in [1.807, 2.05) is 24.9 Å². The van der Waals surface area contributed by atoms with E-state index in [9.17, 15) is 0 Å². The molecular formula is C11H16N4O. The molecular weight excluding hydrogens is 204 g/mol. The third-order valence-electron chi connectivity index (χ3n) is 2.11. The van der Waals surface area contributed by atoms with Gasteiger partial charge in [0.15, 0.2) is 0 Å². The SMILES string of the molecule is CCOc1nc(N(C)CCC#N)ccc1N. The van der Waals surface area contributed by atoms with Crippen LogP contribution >= 0.6 is 0 Å². The molecule has 1 aromatic heterocycles. The maximum Gasteiger partial charge on any atom is 0.239 e. The minimum Gasteiger partial charge on any atom is -0.476 e. The standard InChI is InChI=1S/C11H16N4O/c1-3-16-11-9(13)5-6-10(14-11)15(2)8-4-7-12/h5-6H,3-4,8,13H2,1-2H3. The van der Waals surface area contributed by atoms with E-state index < -0.39 is 0 Å². The average Bonchev–Trinajstić information content (AvgIpc) is 2.29. The van der Waals surface area contributed by atoms with Crippen molar-refractivity contribution in [3.63, 3.8) is 0 Å². The number of nitrogen functional groups attached to an aromatic ring is 1. The van der Waals surface area contributed by atoms with Crippen molar-refractivity contribution < 1.29 is 4.74 Å². The lowest BCUT2D eigenvalue weighted by Crippen LogP contribution is -2.19. The number of rotatable bonds is 5. The number of nitrogens with zero attached hydrogens (tertiary/aromatic N) is 3. The lowest BCUT2D eigenvalue weighted by Gasteiger charge is -2.17. The fourth-order valence-corrected chi connectivity index (χ4v) is 1.24. The van der Waals surface area contributed by atoms with Crippen LogP contribution in [0.15, 0.2) is 12.1 Å². The highest BCUT2D eigenvalue weighted by molar-refractivity contribution is 5.54. The molecule has 86 valence electrons. The monoisotopic (exact) mass is 220 g/mol. The lowest BCUT2D eigenvalue weighted by molar-refractivity contribution is 0.329. The summed E-state index contributed by atoms with van der Waals surface area (Å²) < 4.78 is 5.30. The molecule has 16 heavy (non-hydrogen) atoms. The predicted molar refractivity (Wildman–Crippen MR) is 63.3 cm³/mol. The molecule has 2 N–H and O–H groups in total. The van der Waals surface area contributed by atoms with Gasteiger partial charge in [0.05, 0.1) is 24.8 Å². The topological polar surface area (TPSA) is 75.2 Å². The summed E-state index contributed by atoms with van der Waals surface area (Å²) in [6, 6.07) is 5.67. The van der Waals surface area contributed by atoms with E-state index in [0.29, 0.717) is 31.1 Å². The summed E-state index contributed by atoms with van der Waals surface area (Å²) in [6.07, 6.45) is 0.465. The van der Waals surface area contributed by atoms with E-state index in [2.05, 4.69) is 11.1 Å². The van der Waals surface area contributed by atoms with Crippen LogP contribution in [0.3, 0.4) is 0 Å². The van der Waals surface area contributed by atoms with Gasteiger partial charge in [-0.05, 0) is 19.1 Å². The second-order valence-corrected chi connectivity index (χ2v) is 3.33. The normalized spacial score (nSPS) is 9.56. The van der Waals surface area contributed by atoms with Crippen LogP contribution in [0.2, 0.25) is 0 Å². The number of pyridine rings is 1. The summed E-state index contributed by atoms with van der Waals surface area (Å²) in [6.45, 7) is 3.05.